The van der Waals surface area contributed by atoms with E-state index in [0.29, 0.717) is 11.4 Å². The van der Waals surface area contributed by atoms with Gasteiger partial charge < -0.3 is 9.84 Å². The third kappa shape index (κ3) is 4.29. The zero-order valence-electron chi connectivity index (χ0n) is 13.2. The molecule has 120 valence electrons. The smallest absolute Gasteiger partial charge is 0.419 e. The van der Waals surface area contributed by atoms with E-state index in [4.69, 9.17) is 9.84 Å². The van der Waals surface area contributed by atoms with Crippen molar-refractivity contribution in [2.24, 2.45) is 0 Å². The number of ether oxygens (including phenoxy) is 1. The number of carboxylic acids is 1. The molecule has 0 aliphatic heterocycles. The number of aromatic nitrogens is 1. The number of hydrogen-bond acceptors (Lipinski definition) is 4. The molecular formula is C17H18N2O4. The van der Waals surface area contributed by atoms with Crippen molar-refractivity contribution in [3.8, 4) is 0 Å². The lowest BCUT2D eigenvalue weighted by molar-refractivity contribution is 0.0598. The van der Waals surface area contributed by atoms with Gasteiger partial charge in [0.15, 0.2) is 0 Å². The van der Waals surface area contributed by atoms with Crippen LogP contribution in [0.4, 0.5) is 16.2 Å². The summed E-state index contributed by atoms with van der Waals surface area (Å²) in [7, 11) is 0. The van der Waals surface area contributed by atoms with E-state index in [2.05, 4.69) is 4.98 Å². The Bertz CT molecular complexity index is 691. The summed E-state index contributed by atoms with van der Waals surface area (Å²) in [5.41, 5.74) is 0.518. The van der Waals surface area contributed by atoms with Gasteiger partial charge in [-0.15, -0.1) is 0 Å². The van der Waals surface area contributed by atoms with Crippen LogP contribution in [0.2, 0.25) is 0 Å². The van der Waals surface area contributed by atoms with E-state index in [9.17, 15) is 9.59 Å². The highest BCUT2D eigenvalue weighted by Crippen LogP contribution is 2.27. The molecule has 1 aromatic heterocycles. The van der Waals surface area contributed by atoms with Gasteiger partial charge in [0.1, 0.15) is 5.60 Å². The predicted octanol–water partition coefficient (Wildman–Crippen LogP) is 3.85. The second-order valence-corrected chi connectivity index (χ2v) is 5.88. The van der Waals surface area contributed by atoms with Gasteiger partial charge in [-0.25, -0.2) is 14.5 Å². The standard InChI is InChI=1S/C17H18N2O4/c1-17(2,3)23-16(22)19(14-5-4-10-18-11-14)13-8-6-12(7-9-13)15(20)21/h4-11H,1-3H3,(H,20,21). The fraction of sp³-hybridized carbons (Fsp3) is 0.235. The quantitative estimate of drug-likeness (QED) is 0.930. The Morgan fingerprint density at radius 1 is 1.09 bits per heavy atom. The van der Waals surface area contributed by atoms with Crippen LogP contribution in [0, 0.1) is 0 Å². The first-order chi connectivity index (χ1) is 10.8. The lowest BCUT2D eigenvalue weighted by Gasteiger charge is -2.27. The molecule has 1 N–H and O–H groups in total. The number of benzene rings is 1. The van der Waals surface area contributed by atoms with E-state index in [1.54, 1.807) is 51.2 Å². The summed E-state index contributed by atoms with van der Waals surface area (Å²) in [6, 6.07) is 9.41. The van der Waals surface area contributed by atoms with Gasteiger partial charge >= 0.3 is 12.1 Å². The summed E-state index contributed by atoms with van der Waals surface area (Å²) in [6.45, 7) is 5.33. The highest BCUT2D eigenvalue weighted by Gasteiger charge is 2.25. The molecule has 0 spiro atoms. The number of amides is 1. The van der Waals surface area contributed by atoms with Crippen LogP contribution in [0.5, 0.6) is 0 Å². The normalized spacial score (nSPS) is 10.9. The summed E-state index contributed by atoms with van der Waals surface area (Å²) < 4.78 is 5.43. The Kier molecular flexibility index (Phi) is 4.64. The second-order valence-electron chi connectivity index (χ2n) is 5.88. The fourth-order valence-corrected chi connectivity index (χ4v) is 1.91. The number of rotatable bonds is 3. The molecular weight excluding hydrogens is 296 g/mol. The lowest BCUT2D eigenvalue weighted by atomic mass is 10.2. The van der Waals surface area contributed by atoms with Crippen molar-refractivity contribution in [3.05, 3.63) is 54.4 Å². The molecule has 0 saturated heterocycles. The van der Waals surface area contributed by atoms with Gasteiger partial charge in [-0.3, -0.25) is 4.98 Å². The highest BCUT2D eigenvalue weighted by atomic mass is 16.6. The Hall–Kier alpha value is -2.89. The van der Waals surface area contributed by atoms with Crippen LogP contribution in [0.3, 0.4) is 0 Å². The number of anilines is 2. The summed E-state index contributed by atoms with van der Waals surface area (Å²) in [6.07, 6.45) is 2.58. The summed E-state index contributed by atoms with van der Waals surface area (Å²) >= 11 is 0. The van der Waals surface area contributed by atoms with Crippen molar-refractivity contribution in [3.63, 3.8) is 0 Å². The third-order valence-electron chi connectivity index (χ3n) is 2.85. The van der Waals surface area contributed by atoms with E-state index in [1.807, 2.05) is 0 Å². The third-order valence-corrected chi connectivity index (χ3v) is 2.85. The van der Waals surface area contributed by atoms with Gasteiger partial charge in [0.25, 0.3) is 0 Å². The molecule has 2 aromatic rings. The topological polar surface area (TPSA) is 79.7 Å². The Morgan fingerprint density at radius 2 is 1.74 bits per heavy atom. The average Bonchev–Trinajstić information content (AvgIpc) is 2.47. The first-order valence-corrected chi connectivity index (χ1v) is 7.04. The number of aromatic carboxylic acids is 1. The molecule has 0 unspecified atom stereocenters. The maximum Gasteiger partial charge on any atom is 0.419 e. The van der Waals surface area contributed by atoms with E-state index in [-0.39, 0.29) is 5.56 Å². The average molecular weight is 314 g/mol. The van der Waals surface area contributed by atoms with Crippen LogP contribution in [-0.4, -0.2) is 27.8 Å². The van der Waals surface area contributed by atoms with E-state index in [0.717, 1.165) is 0 Å². The number of carboxylic acid groups (broad SMARTS) is 1. The Labute approximate surface area is 134 Å². The van der Waals surface area contributed by atoms with Crippen LogP contribution in [0.15, 0.2) is 48.8 Å². The molecule has 23 heavy (non-hydrogen) atoms. The van der Waals surface area contributed by atoms with Crippen molar-refractivity contribution in [2.75, 3.05) is 4.90 Å². The number of carbonyl (C=O) groups is 2. The molecule has 1 heterocycles. The molecule has 1 aromatic carbocycles. The van der Waals surface area contributed by atoms with Crippen LogP contribution in [-0.2, 0) is 4.74 Å². The maximum absolute atomic E-state index is 12.5. The van der Waals surface area contributed by atoms with Crippen LogP contribution in [0.1, 0.15) is 31.1 Å². The van der Waals surface area contributed by atoms with E-state index < -0.39 is 17.7 Å². The monoisotopic (exact) mass is 314 g/mol. The van der Waals surface area contributed by atoms with Crippen LogP contribution in [0.25, 0.3) is 0 Å². The molecule has 1 amide bonds. The molecule has 0 aliphatic rings. The number of pyridine rings is 1. The van der Waals surface area contributed by atoms with E-state index in [1.165, 1.54) is 23.2 Å². The minimum Gasteiger partial charge on any atom is -0.478 e. The van der Waals surface area contributed by atoms with Crippen LogP contribution >= 0.6 is 0 Å². The van der Waals surface area contributed by atoms with Gasteiger partial charge in [-0.05, 0) is 57.2 Å². The van der Waals surface area contributed by atoms with Crippen LogP contribution < -0.4 is 4.90 Å². The largest absolute Gasteiger partial charge is 0.478 e. The SMILES string of the molecule is CC(C)(C)OC(=O)N(c1ccc(C(=O)O)cc1)c1cccnc1. The summed E-state index contributed by atoms with van der Waals surface area (Å²) in [4.78, 5) is 28.9. The van der Waals surface area contributed by atoms with Crippen molar-refractivity contribution < 1.29 is 19.4 Å². The van der Waals surface area contributed by atoms with Crippen molar-refractivity contribution in [2.45, 2.75) is 26.4 Å². The predicted molar refractivity (Wildman–Crippen MR) is 86.0 cm³/mol. The molecule has 0 atom stereocenters. The molecule has 6 nitrogen and oxygen atoms in total. The minimum atomic E-state index is -1.03. The molecule has 2 rings (SSSR count). The lowest BCUT2D eigenvalue weighted by Crippen LogP contribution is -2.33. The maximum atomic E-state index is 12.5. The minimum absolute atomic E-state index is 0.143. The van der Waals surface area contributed by atoms with E-state index >= 15 is 0 Å². The van der Waals surface area contributed by atoms with Crippen molar-refractivity contribution >= 4 is 23.4 Å². The van der Waals surface area contributed by atoms with Crippen molar-refractivity contribution in [1.29, 1.82) is 0 Å². The molecule has 0 fully saturated rings. The van der Waals surface area contributed by atoms with Gasteiger partial charge in [0.05, 0.1) is 23.1 Å². The molecule has 0 aliphatic carbocycles. The van der Waals surface area contributed by atoms with Gasteiger partial charge in [-0.1, -0.05) is 0 Å². The molecule has 0 bridgehead atoms. The highest BCUT2D eigenvalue weighted by molar-refractivity contribution is 5.96. The number of hydrogen-bond donors (Lipinski definition) is 1. The summed E-state index contributed by atoms with van der Waals surface area (Å²) in [5, 5.41) is 8.98. The number of nitrogens with zero attached hydrogens (tertiary/aromatic N) is 2. The first kappa shape index (κ1) is 16.5. The number of carbonyl (C=O) groups excluding carboxylic acids is 1. The first-order valence-electron chi connectivity index (χ1n) is 7.04. The Balaban J connectivity index is 2.41. The molecule has 6 heteroatoms. The molecule has 0 saturated carbocycles. The molecule has 0 radical (unpaired) electrons. The zero-order valence-corrected chi connectivity index (χ0v) is 13.2. The van der Waals surface area contributed by atoms with Gasteiger partial charge in [-0.2, -0.15) is 0 Å². The van der Waals surface area contributed by atoms with Gasteiger partial charge in [0.2, 0.25) is 0 Å². The Morgan fingerprint density at radius 3 is 2.22 bits per heavy atom. The summed E-state index contributed by atoms with van der Waals surface area (Å²) in [5.74, 6) is -1.03. The fourth-order valence-electron chi connectivity index (χ4n) is 1.91. The zero-order chi connectivity index (χ0) is 17.0. The van der Waals surface area contributed by atoms with Crippen molar-refractivity contribution in [1.82, 2.24) is 4.98 Å². The second kappa shape index (κ2) is 6.48. The van der Waals surface area contributed by atoms with Gasteiger partial charge in [0, 0.05) is 6.20 Å².